The van der Waals surface area contributed by atoms with E-state index in [2.05, 4.69) is 20.5 Å². The van der Waals surface area contributed by atoms with Gasteiger partial charge in [0.25, 0.3) is 11.6 Å². The molecular formula is C17H16N6O3. The van der Waals surface area contributed by atoms with E-state index in [0.717, 1.165) is 18.3 Å². The predicted octanol–water partition coefficient (Wildman–Crippen LogP) is 2.83. The van der Waals surface area contributed by atoms with Gasteiger partial charge in [-0.3, -0.25) is 19.9 Å². The molecule has 0 atom stereocenters. The number of pyridine rings is 1. The van der Waals surface area contributed by atoms with E-state index < -0.39 is 10.8 Å². The summed E-state index contributed by atoms with van der Waals surface area (Å²) in [6, 6.07) is 8.38. The van der Waals surface area contributed by atoms with Crippen LogP contribution >= 0.6 is 0 Å². The maximum Gasteiger partial charge on any atom is 0.288 e. The summed E-state index contributed by atoms with van der Waals surface area (Å²) in [5.74, 6) is 0.226. The molecule has 0 saturated heterocycles. The van der Waals surface area contributed by atoms with E-state index >= 15 is 0 Å². The van der Waals surface area contributed by atoms with Gasteiger partial charge in [-0.2, -0.15) is 0 Å². The van der Waals surface area contributed by atoms with Crippen LogP contribution in [0.5, 0.6) is 0 Å². The predicted molar refractivity (Wildman–Crippen MR) is 94.7 cm³/mol. The van der Waals surface area contributed by atoms with E-state index in [1.54, 1.807) is 31.5 Å². The van der Waals surface area contributed by atoms with Gasteiger partial charge in [0.15, 0.2) is 5.82 Å². The topological polar surface area (TPSA) is 116 Å². The zero-order valence-electron chi connectivity index (χ0n) is 14.2. The number of amides is 1. The lowest BCUT2D eigenvalue weighted by molar-refractivity contribution is -0.385. The van der Waals surface area contributed by atoms with Crippen molar-refractivity contribution in [1.82, 2.24) is 19.7 Å². The Kier molecular flexibility index (Phi) is 4.70. The average molecular weight is 352 g/mol. The van der Waals surface area contributed by atoms with Crippen molar-refractivity contribution in [3.05, 3.63) is 64.2 Å². The third-order valence-electron chi connectivity index (χ3n) is 3.86. The maximum atomic E-state index is 12.5. The highest BCUT2D eigenvalue weighted by Gasteiger charge is 2.16. The van der Waals surface area contributed by atoms with Crippen molar-refractivity contribution in [2.45, 2.75) is 20.4 Å². The quantitative estimate of drug-likeness (QED) is 0.557. The van der Waals surface area contributed by atoms with Crippen LogP contribution in [0.3, 0.4) is 0 Å². The standard InChI is InChI=1S/C17H16N6O3/c1-3-22-10-19-21-16(22)12-5-4-6-13(7-12)20-17(24)15-8-14(23(25)26)9-18-11(15)2/h4-10H,3H2,1-2H3,(H,20,24). The van der Waals surface area contributed by atoms with Crippen LogP contribution in [-0.4, -0.2) is 30.6 Å². The van der Waals surface area contributed by atoms with Gasteiger partial charge >= 0.3 is 0 Å². The minimum atomic E-state index is -0.582. The number of aromatic nitrogens is 4. The number of nitrogens with one attached hydrogen (secondary N) is 1. The summed E-state index contributed by atoms with van der Waals surface area (Å²) in [7, 11) is 0. The molecule has 132 valence electrons. The van der Waals surface area contributed by atoms with Gasteiger partial charge in [0.05, 0.1) is 16.2 Å². The van der Waals surface area contributed by atoms with Crippen LogP contribution in [0, 0.1) is 17.0 Å². The molecule has 9 nitrogen and oxygen atoms in total. The van der Waals surface area contributed by atoms with Crippen molar-refractivity contribution in [3.8, 4) is 11.4 Å². The molecule has 0 bridgehead atoms. The summed E-state index contributed by atoms with van der Waals surface area (Å²) in [5.41, 5.74) is 1.68. The fourth-order valence-electron chi connectivity index (χ4n) is 2.50. The lowest BCUT2D eigenvalue weighted by Crippen LogP contribution is -2.14. The minimum absolute atomic E-state index is 0.154. The Labute approximate surface area is 148 Å². The summed E-state index contributed by atoms with van der Waals surface area (Å²) in [5, 5.41) is 21.6. The molecule has 2 aromatic heterocycles. The number of nitro groups is 1. The molecule has 0 aliphatic carbocycles. The molecule has 1 aromatic carbocycles. The minimum Gasteiger partial charge on any atom is -0.322 e. The monoisotopic (exact) mass is 352 g/mol. The lowest BCUT2D eigenvalue weighted by atomic mass is 10.1. The first-order valence-corrected chi connectivity index (χ1v) is 7.90. The second-order valence-electron chi connectivity index (χ2n) is 5.56. The zero-order chi connectivity index (χ0) is 18.7. The number of benzene rings is 1. The maximum absolute atomic E-state index is 12.5. The largest absolute Gasteiger partial charge is 0.322 e. The Hall–Kier alpha value is -3.62. The average Bonchev–Trinajstić information content (AvgIpc) is 3.10. The molecule has 3 aromatic rings. The van der Waals surface area contributed by atoms with Crippen LogP contribution < -0.4 is 5.32 Å². The molecule has 0 aliphatic heterocycles. The van der Waals surface area contributed by atoms with E-state index in [1.807, 2.05) is 17.6 Å². The highest BCUT2D eigenvalue weighted by molar-refractivity contribution is 6.05. The summed E-state index contributed by atoms with van der Waals surface area (Å²) >= 11 is 0. The number of anilines is 1. The normalized spacial score (nSPS) is 10.5. The number of nitrogens with zero attached hydrogens (tertiary/aromatic N) is 5. The Bertz CT molecular complexity index is 982. The first-order chi connectivity index (χ1) is 12.5. The van der Waals surface area contributed by atoms with Crippen molar-refractivity contribution in [2.24, 2.45) is 0 Å². The SMILES string of the molecule is CCn1cnnc1-c1cccc(NC(=O)c2cc([N+](=O)[O-])cnc2C)c1. The second kappa shape index (κ2) is 7.09. The molecule has 3 rings (SSSR count). The van der Waals surface area contributed by atoms with Crippen molar-refractivity contribution < 1.29 is 9.72 Å². The van der Waals surface area contributed by atoms with E-state index in [9.17, 15) is 14.9 Å². The molecule has 0 aliphatic rings. The van der Waals surface area contributed by atoms with Gasteiger partial charge in [-0.05, 0) is 26.0 Å². The van der Waals surface area contributed by atoms with Crippen LogP contribution in [0.4, 0.5) is 11.4 Å². The van der Waals surface area contributed by atoms with E-state index in [4.69, 9.17) is 0 Å². The molecule has 1 amide bonds. The molecule has 1 N–H and O–H groups in total. The van der Waals surface area contributed by atoms with Gasteiger partial charge in [-0.15, -0.1) is 10.2 Å². The summed E-state index contributed by atoms with van der Waals surface area (Å²) in [4.78, 5) is 26.8. The highest BCUT2D eigenvalue weighted by atomic mass is 16.6. The van der Waals surface area contributed by atoms with Gasteiger partial charge in [0.2, 0.25) is 0 Å². The number of aryl methyl sites for hydroxylation is 2. The van der Waals surface area contributed by atoms with Crippen molar-refractivity contribution >= 4 is 17.3 Å². The Morgan fingerprint density at radius 1 is 1.35 bits per heavy atom. The van der Waals surface area contributed by atoms with Gasteiger partial charge in [-0.25, -0.2) is 0 Å². The molecule has 0 fully saturated rings. The fourth-order valence-corrected chi connectivity index (χ4v) is 2.50. The number of carbonyl (C=O) groups excluding carboxylic acids is 1. The Balaban J connectivity index is 1.88. The van der Waals surface area contributed by atoms with Crippen LogP contribution in [0.15, 0.2) is 42.9 Å². The molecule has 2 heterocycles. The summed E-state index contributed by atoms with van der Waals surface area (Å²) in [6.45, 7) is 4.33. The number of carbonyl (C=O) groups is 1. The van der Waals surface area contributed by atoms with Crippen LogP contribution in [0.2, 0.25) is 0 Å². The van der Waals surface area contributed by atoms with Crippen molar-refractivity contribution in [2.75, 3.05) is 5.32 Å². The van der Waals surface area contributed by atoms with Gasteiger partial charge in [-0.1, -0.05) is 12.1 Å². The highest BCUT2D eigenvalue weighted by Crippen LogP contribution is 2.22. The Morgan fingerprint density at radius 3 is 2.88 bits per heavy atom. The first-order valence-electron chi connectivity index (χ1n) is 7.90. The molecule has 9 heteroatoms. The Morgan fingerprint density at radius 2 is 2.15 bits per heavy atom. The third-order valence-corrected chi connectivity index (χ3v) is 3.86. The molecule has 0 unspecified atom stereocenters. The number of hydrogen-bond acceptors (Lipinski definition) is 6. The lowest BCUT2D eigenvalue weighted by Gasteiger charge is -2.09. The van der Waals surface area contributed by atoms with Crippen molar-refractivity contribution in [1.29, 1.82) is 0 Å². The van der Waals surface area contributed by atoms with Gasteiger partial charge in [0, 0.05) is 23.9 Å². The van der Waals surface area contributed by atoms with Crippen LogP contribution in [0.1, 0.15) is 23.0 Å². The summed E-state index contributed by atoms with van der Waals surface area (Å²) in [6.07, 6.45) is 2.77. The van der Waals surface area contributed by atoms with E-state index in [1.165, 1.54) is 6.07 Å². The smallest absolute Gasteiger partial charge is 0.288 e. The van der Waals surface area contributed by atoms with Crippen molar-refractivity contribution in [3.63, 3.8) is 0 Å². The summed E-state index contributed by atoms with van der Waals surface area (Å²) < 4.78 is 1.88. The molecule has 0 radical (unpaired) electrons. The third kappa shape index (κ3) is 3.41. The van der Waals surface area contributed by atoms with Crippen LogP contribution in [0.25, 0.3) is 11.4 Å². The second-order valence-corrected chi connectivity index (χ2v) is 5.56. The number of hydrogen-bond donors (Lipinski definition) is 1. The fraction of sp³-hybridized carbons (Fsp3) is 0.176. The molecular weight excluding hydrogens is 336 g/mol. The van der Waals surface area contributed by atoms with Crippen LogP contribution in [-0.2, 0) is 6.54 Å². The molecule has 0 saturated carbocycles. The zero-order valence-corrected chi connectivity index (χ0v) is 14.2. The molecule has 0 spiro atoms. The molecule has 26 heavy (non-hydrogen) atoms. The van der Waals surface area contributed by atoms with Gasteiger partial charge in [0.1, 0.15) is 12.5 Å². The van der Waals surface area contributed by atoms with Gasteiger partial charge < -0.3 is 9.88 Å². The van der Waals surface area contributed by atoms with E-state index in [0.29, 0.717) is 17.2 Å². The van der Waals surface area contributed by atoms with E-state index in [-0.39, 0.29) is 11.3 Å². The first kappa shape index (κ1) is 17.2. The number of rotatable bonds is 5.